The SMILES string of the molecule is CCCCOC1CC(NC(=NC)NCCc2c(C)noc2C)C1(C)C. The van der Waals surface area contributed by atoms with Crippen molar-refractivity contribution >= 4 is 5.96 Å². The second-order valence-electron chi connectivity index (χ2n) is 7.52. The van der Waals surface area contributed by atoms with Gasteiger partial charge >= 0.3 is 0 Å². The molecule has 1 fully saturated rings. The largest absolute Gasteiger partial charge is 0.378 e. The number of guanidine groups is 1. The van der Waals surface area contributed by atoms with Gasteiger partial charge in [0.05, 0.1) is 11.8 Å². The minimum Gasteiger partial charge on any atom is -0.378 e. The van der Waals surface area contributed by atoms with Crippen LogP contribution in [-0.4, -0.2) is 43.5 Å². The molecule has 0 bridgehead atoms. The lowest BCUT2D eigenvalue weighted by Gasteiger charge is -2.52. The third-order valence-corrected chi connectivity index (χ3v) is 5.38. The van der Waals surface area contributed by atoms with Gasteiger partial charge in [-0.05, 0) is 33.1 Å². The molecule has 1 aromatic rings. The lowest BCUT2D eigenvalue weighted by molar-refractivity contribution is -0.113. The van der Waals surface area contributed by atoms with Gasteiger partial charge in [-0.25, -0.2) is 0 Å². The molecule has 142 valence electrons. The van der Waals surface area contributed by atoms with Crippen LogP contribution in [0.2, 0.25) is 0 Å². The van der Waals surface area contributed by atoms with Gasteiger partial charge in [0.1, 0.15) is 5.76 Å². The number of hydrogen-bond acceptors (Lipinski definition) is 4. The molecule has 2 rings (SSSR count). The molecule has 2 atom stereocenters. The Labute approximate surface area is 151 Å². The van der Waals surface area contributed by atoms with E-state index in [0.29, 0.717) is 12.1 Å². The molecule has 0 spiro atoms. The molecule has 1 heterocycles. The normalized spacial score (nSPS) is 22.6. The zero-order valence-corrected chi connectivity index (χ0v) is 16.6. The minimum atomic E-state index is 0.118. The molecule has 2 N–H and O–H groups in total. The summed E-state index contributed by atoms with van der Waals surface area (Å²) in [5, 5.41) is 10.9. The van der Waals surface area contributed by atoms with Crippen LogP contribution in [-0.2, 0) is 11.2 Å². The van der Waals surface area contributed by atoms with Crippen LogP contribution in [0.1, 0.15) is 57.1 Å². The van der Waals surface area contributed by atoms with Crippen LogP contribution in [0.5, 0.6) is 0 Å². The van der Waals surface area contributed by atoms with E-state index in [1.807, 2.05) is 20.9 Å². The van der Waals surface area contributed by atoms with E-state index in [4.69, 9.17) is 9.26 Å². The van der Waals surface area contributed by atoms with Gasteiger partial charge in [-0.15, -0.1) is 0 Å². The van der Waals surface area contributed by atoms with Gasteiger partial charge in [0.15, 0.2) is 5.96 Å². The summed E-state index contributed by atoms with van der Waals surface area (Å²) in [6.45, 7) is 12.3. The first-order chi connectivity index (χ1) is 11.9. The number of aryl methyl sites for hydroxylation is 2. The Morgan fingerprint density at radius 1 is 1.40 bits per heavy atom. The number of hydrogen-bond donors (Lipinski definition) is 2. The fraction of sp³-hybridized carbons (Fsp3) is 0.789. The van der Waals surface area contributed by atoms with Gasteiger partial charge in [-0.2, -0.15) is 0 Å². The first kappa shape index (κ1) is 19.8. The van der Waals surface area contributed by atoms with Gasteiger partial charge < -0.3 is 19.9 Å². The Bertz CT molecular complexity index is 560. The first-order valence-corrected chi connectivity index (χ1v) is 9.40. The highest BCUT2D eigenvalue weighted by Crippen LogP contribution is 2.42. The standard InChI is InChI=1S/C19H34N4O2/c1-7-8-11-24-17-12-16(19(17,4)5)22-18(20-6)21-10-9-15-13(2)23-25-14(15)3/h16-17H,7-12H2,1-6H3,(H2,20,21,22). The van der Waals surface area contributed by atoms with Crippen molar-refractivity contribution < 1.29 is 9.26 Å². The quantitative estimate of drug-likeness (QED) is 0.428. The number of rotatable bonds is 8. The van der Waals surface area contributed by atoms with Crippen LogP contribution >= 0.6 is 0 Å². The molecule has 6 heteroatoms. The number of nitrogens with one attached hydrogen (secondary N) is 2. The highest BCUT2D eigenvalue weighted by molar-refractivity contribution is 5.80. The highest BCUT2D eigenvalue weighted by Gasteiger charge is 2.49. The monoisotopic (exact) mass is 350 g/mol. The first-order valence-electron chi connectivity index (χ1n) is 9.40. The van der Waals surface area contributed by atoms with Crippen LogP contribution in [0.25, 0.3) is 0 Å². The van der Waals surface area contributed by atoms with E-state index in [1.165, 1.54) is 12.0 Å². The van der Waals surface area contributed by atoms with E-state index < -0.39 is 0 Å². The zero-order chi connectivity index (χ0) is 18.4. The summed E-state index contributed by atoms with van der Waals surface area (Å²) in [6, 6.07) is 0.379. The number of aromatic nitrogens is 1. The zero-order valence-electron chi connectivity index (χ0n) is 16.6. The molecule has 0 radical (unpaired) electrons. The van der Waals surface area contributed by atoms with Crippen molar-refractivity contribution in [3.63, 3.8) is 0 Å². The molecule has 1 saturated carbocycles. The molecule has 25 heavy (non-hydrogen) atoms. The van der Waals surface area contributed by atoms with Gasteiger partial charge in [0, 0.05) is 37.2 Å². The van der Waals surface area contributed by atoms with Crippen LogP contribution in [0.15, 0.2) is 9.52 Å². The Balaban J connectivity index is 1.77. The topological polar surface area (TPSA) is 71.7 Å². The van der Waals surface area contributed by atoms with Crippen LogP contribution < -0.4 is 10.6 Å². The predicted molar refractivity (Wildman–Crippen MR) is 101 cm³/mol. The molecular formula is C19H34N4O2. The Kier molecular flexibility index (Phi) is 6.87. The fourth-order valence-corrected chi connectivity index (χ4v) is 3.31. The molecule has 1 aromatic heterocycles. The smallest absolute Gasteiger partial charge is 0.191 e. The van der Waals surface area contributed by atoms with Crippen molar-refractivity contribution in [1.82, 2.24) is 15.8 Å². The van der Waals surface area contributed by atoms with E-state index in [-0.39, 0.29) is 5.41 Å². The van der Waals surface area contributed by atoms with Crippen molar-refractivity contribution in [3.8, 4) is 0 Å². The van der Waals surface area contributed by atoms with E-state index in [2.05, 4.69) is 41.6 Å². The highest BCUT2D eigenvalue weighted by atomic mass is 16.5. The summed E-state index contributed by atoms with van der Waals surface area (Å²) in [5.74, 6) is 1.74. The number of unbranched alkanes of at least 4 members (excludes halogenated alkanes) is 1. The maximum Gasteiger partial charge on any atom is 0.191 e. The summed E-state index contributed by atoms with van der Waals surface area (Å²) >= 11 is 0. The number of aliphatic imine (C=N–C) groups is 1. The molecule has 6 nitrogen and oxygen atoms in total. The maximum atomic E-state index is 6.02. The number of ether oxygens (including phenoxy) is 1. The van der Waals surface area contributed by atoms with Gasteiger partial charge in [-0.1, -0.05) is 32.3 Å². The summed E-state index contributed by atoms with van der Waals surface area (Å²) in [7, 11) is 1.81. The van der Waals surface area contributed by atoms with E-state index in [1.54, 1.807) is 0 Å². The van der Waals surface area contributed by atoms with Crippen molar-refractivity contribution in [2.24, 2.45) is 10.4 Å². The predicted octanol–water partition coefficient (Wildman–Crippen LogP) is 2.98. The molecule has 1 aliphatic rings. The van der Waals surface area contributed by atoms with E-state index in [0.717, 1.165) is 49.8 Å². The Morgan fingerprint density at radius 3 is 2.72 bits per heavy atom. The third kappa shape index (κ3) is 4.75. The average Bonchev–Trinajstić information content (AvgIpc) is 2.90. The van der Waals surface area contributed by atoms with Crippen LogP contribution in [0.3, 0.4) is 0 Å². The van der Waals surface area contributed by atoms with Crippen molar-refractivity contribution in [2.75, 3.05) is 20.2 Å². The van der Waals surface area contributed by atoms with Crippen molar-refractivity contribution in [3.05, 3.63) is 17.0 Å². The lowest BCUT2D eigenvalue weighted by atomic mass is 9.64. The molecule has 0 amide bonds. The third-order valence-electron chi connectivity index (χ3n) is 5.38. The van der Waals surface area contributed by atoms with E-state index in [9.17, 15) is 0 Å². The number of nitrogens with zero attached hydrogens (tertiary/aromatic N) is 2. The Hall–Kier alpha value is -1.56. The summed E-state index contributed by atoms with van der Waals surface area (Å²) in [5.41, 5.74) is 2.26. The second-order valence-corrected chi connectivity index (χ2v) is 7.52. The lowest BCUT2D eigenvalue weighted by Crippen LogP contribution is -2.63. The summed E-state index contributed by atoms with van der Waals surface area (Å²) < 4.78 is 11.2. The summed E-state index contributed by atoms with van der Waals surface area (Å²) in [4.78, 5) is 4.35. The molecule has 0 aliphatic heterocycles. The Morgan fingerprint density at radius 2 is 2.16 bits per heavy atom. The molecule has 2 unspecified atom stereocenters. The summed E-state index contributed by atoms with van der Waals surface area (Å²) in [6.07, 6.45) is 4.54. The van der Waals surface area contributed by atoms with Crippen molar-refractivity contribution in [1.29, 1.82) is 0 Å². The maximum absolute atomic E-state index is 6.02. The van der Waals surface area contributed by atoms with Gasteiger partial charge in [0.2, 0.25) is 0 Å². The van der Waals surface area contributed by atoms with Crippen molar-refractivity contribution in [2.45, 2.75) is 72.4 Å². The molecular weight excluding hydrogens is 316 g/mol. The molecule has 0 saturated heterocycles. The minimum absolute atomic E-state index is 0.118. The fourth-order valence-electron chi connectivity index (χ4n) is 3.31. The van der Waals surface area contributed by atoms with Gasteiger partial charge in [-0.3, -0.25) is 4.99 Å². The van der Waals surface area contributed by atoms with Crippen LogP contribution in [0.4, 0.5) is 0 Å². The van der Waals surface area contributed by atoms with Crippen LogP contribution in [0, 0.1) is 19.3 Å². The molecule has 1 aliphatic carbocycles. The second kappa shape index (κ2) is 8.70. The van der Waals surface area contributed by atoms with Gasteiger partial charge in [0.25, 0.3) is 0 Å². The van der Waals surface area contributed by atoms with E-state index >= 15 is 0 Å². The molecule has 0 aromatic carbocycles. The average molecular weight is 351 g/mol.